The zero-order valence-corrected chi connectivity index (χ0v) is 20.9. The number of amides is 1. The molecule has 0 saturated heterocycles. The molecule has 0 saturated carbocycles. The first-order valence-electron chi connectivity index (χ1n) is 11.4. The molecule has 0 bridgehead atoms. The largest absolute Gasteiger partial charge is 0.333 e. The molecule has 5 nitrogen and oxygen atoms in total. The third-order valence-electron chi connectivity index (χ3n) is 5.74. The van der Waals surface area contributed by atoms with Gasteiger partial charge in [-0.1, -0.05) is 55.3 Å². The molecule has 1 amide bonds. The van der Waals surface area contributed by atoms with E-state index in [1.165, 1.54) is 0 Å². The molecule has 0 aliphatic heterocycles. The van der Waals surface area contributed by atoms with Crippen molar-refractivity contribution in [3.05, 3.63) is 69.2 Å². The maximum atomic E-state index is 13.6. The number of nitrogens with zero attached hydrogens (tertiary/aromatic N) is 3. The molecule has 6 heteroatoms. The summed E-state index contributed by atoms with van der Waals surface area (Å²) in [6, 6.07) is 14.7. The summed E-state index contributed by atoms with van der Waals surface area (Å²) in [5.41, 5.74) is 1.27. The zero-order valence-electron chi connectivity index (χ0n) is 19.3. The number of hydrogen-bond acceptors (Lipinski definition) is 3. The summed E-state index contributed by atoms with van der Waals surface area (Å²) in [6.07, 6.45) is 3.23. The average Bonchev–Trinajstić information content (AvgIpc) is 2.78. The third kappa shape index (κ3) is 5.47. The van der Waals surface area contributed by atoms with E-state index in [2.05, 4.69) is 36.7 Å². The molecule has 1 atom stereocenters. The highest BCUT2D eigenvalue weighted by Gasteiger charge is 2.26. The Morgan fingerprint density at radius 2 is 1.78 bits per heavy atom. The molecule has 2 aromatic carbocycles. The van der Waals surface area contributed by atoms with E-state index in [1.54, 1.807) is 10.6 Å². The second kappa shape index (κ2) is 10.9. The number of benzene rings is 2. The second-order valence-corrected chi connectivity index (χ2v) is 9.57. The van der Waals surface area contributed by atoms with Gasteiger partial charge in [-0.25, -0.2) is 4.98 Å². The molecule has 170 valence electrons. The summed E-state index contributed by atoms with van der Waals surface area (Å²) >= 11 is 3.47. The van der Waals surface area contributed by atoms with Crippen LogP contribution in [-0.4, -0.2) is 26.9 Å². The molecule has 0 aliphatic rings. The van der Waals surface area contributed by atoms with Crippen molar-refractivity contribution >= 4 is 32.7 Å². The minimum atomic E-state index is -0.334. The smallest absolute Gasteiger partial charge is 0.266 e. The molecule has 1 unspecified atom stereocenters. The quantitative estimate of drug-likeness (QED) is 0.349. The predicted molar refractivity (Wildman–Crippen MR) is 134 cm³/mol. The lowest BCUT2D eigenvalue weighted by Gasteiger charge is -2.31. The molecule has 3 aromatic rings. The number of para-hydroxylation sites is 1. The lowest BCUT2D eigenvalue weighted by atomic mass is 10.1. The van der Waals surface area contributed by atoms with E-state index in [4.69, 9.17) is 4.98 Å². The van der Waals surface area contributed by atoms with Crippen LogP contribution >= 0.6 is 15.9 Å². The fourth-order valence-electron chi connectivity index (χ4n) is 3.81. The monoisotopic (exact) mass is 497 g/mol. The maximum absolute atomic E-state index is 13.6. The fraction of sp³-hybridized carbons (Fsp3) is 0.423. The van der Waals surface area contributed by atoms with E-state index in [0.29, 0.717) is 35.6 Å². The number of rotatable bonds is 9. The van der Waals surface area contributed by atoms with Crippen molar-refractivity contribution < 1.29 is 4.79 Å². The Kier molecular flexibility index (Phi) is 8.24. The zero-order chi connectivity index (χ0) is 23.3. The molecule has 3 rings (SSSR count). The van der Waals surface area contributed by atoms with Gasteiger partial charge < -0.3 is 4.90 Å². The molecule has 1 heterocycles. The molecule has 32 heavy (non-hydrogen) atoms. The van der Waals surface area contributed by atoms with Crippen LogP contribution in [0.4, 0.5) is 0 Å². The van der Waals surface area contributed by atoms with E-state index in [0.717, 1.165) is 29.4 Å². The first-order chi connectivity index (χ1) is 15.3. The highest BCUT2D eigenvalue weighted by atomic mass is 79.9. The van der Waals surface area contributed by atoms with Gasteiger partial charge in [0.1, 0.15) is 5.82 Å². The van der Waals surface area contributed by atoms with Crippen molar-refractivity contribution in [3.8, 4) is 5.69 Å². The summed E-state index contributed by atoms with van der Waals surface area (Å²) in [5.74, 6) is 1.18. The van der Waals surface area contributed by atoms with E-state index >= 15 is 0 Å². The Labute approximate surface area is 198 Å². The maximum Gasteiger partial charge on any atom is 0.266 e. The van der Waals surface area contributed by atoms with Crippen molar-refractivity contribution in [1.29, 1.82) is 0 Å². The van der Waals surface area contributed by atoms with Crippen LogP contribution in [-0.2, 0) is 4.79 Å². The van der Waals surface area contributed by atoms with Gasteiger partial charge in [-0.3, -0.25) is 14.2 Å². The van der Waals surface area contributed by atoms with Crippen molar-refractivity contribution in [3.63, 3.8) is 0 Å². The van der Waals surface area contributed by atoms with Gasteiger partial charge in [0.05, 0.1) is 22.6 Å². The minimum absolute atomic E-state index is 0.116. The summed E-state index contributed by atoms with van der Waals surface area (Å²) in [7, 11) is 0. The third-order valence-corrected chi connectivity index (χ3v) is 6.27. The topological polar surface area (TPSA) is 55.2 Å². The highest BCUT2D eigenvalue weighted by Crippen LogP contribution is 2.25. The van der Waals surface area contributed by atoms with Crippen molar-refractivity contribution in [2.24, 2.45) is 5.92 Å². The van der Waals surface area contributed by atoms with Crippen LogP contribution in [0, 0.1) is 5.92 Å². The highest BCUT2D eigenvalue weighted by molar-refractivity contribution is 9.10. The molecule has 1 aromatic heterocycles. The van der Waals surface area contributed by atoms with Gasteiger partial charge in [0.2, 0.25) is 5.91 Å². The van der Waals surface area contributed by atoms with Gasteiger partial charge in [-0.05, 0) is 62.1 Å². The van der Waals surface area contributed by atoms with Crippen LogP contribution in [0.25, 0.3) is 16.6 Å². The Bertz CT molecular complexity index is 1120. The number of halogens is 1. The average molecular weight is 498 g/mol. The van der Waals surface area contributed by atoms with Crippen LogP contribution in [0.3, 0.4) is 0 Å². The van der Waals surface area contributed by atoms with E-state index in [1.807, 2.05) is 54.3 Å². The summed E-state index contributed by atoms with van der Waals surface area (Å²) in [6.45, 7) is 9.03. The van der Waals surface area contributed by atoms with E-state index < -0.39 is 0 Å². The van der Waals surface area contributed by atoms with Gasteiger partial charge in [-0.2, -0.15) is 0 Å². The number of hydrogen-bond donors (Lipinski definition) is 0. The molecule has 0 N–H and O–H groups in total. The first kappa shape index (κ1) is 24.2. The standard InChI is InChI=1S/C26H32BrN3O2/c1-5-6-11-24(31)29(17-16-18(2)3)19(4)25-28-23-10-8-7-9-22(23)26(32)30(25)21-14-12-20(27)13-15-21/h7-10,12-15,18-19H,5-6,11,16-17H2,1-4H3. The van der Waals surface area contributed by atoms with Crippen LogP contribution in [0.1, 0.15) is 65.2 Å². The SMILES string of the molecule is CCCCC(=O)N(CCC(C)C)C(C)c1nc2ccccc2c(=O)n1-c1ccc(Br)cc1. The number of fused-ring (bicyclic) bond motifs is 1. The molecule has 0 radical (unpaired) electrons. The molecular weight excluding hydrogens is 466 g/mol. The Balaban J connectivity index is 2.17. The molecular formula is C26H32BrN3O2. The summed E-state index contributed by atoms with van der Waals surface area (Å²) in [5, 5.41) is 0.567. The number of unbranched alkanes of at least 4 members (excludes halogenated alkanes) is 1. The Morgan fingerprint density at radius 3 is 2.44 bits per heavy atom. The van der Waals surface area contributed by atoms with Crippen molar-refractivity contribution in [1.82, 2.24) is 14.5 Å². The summed E-state index contributed by atoms with van der Waals surface area (Å²) < 4.78 is 2.60. The second-order valence-electron chi connectivity index (χ2n) is 8.65. The minimum Gasteiger partial charge on any atom is -0.333 e. The van der Waals surface area contributed by atoms with Gasteiger partial charge in [0, 0.05) is 17.4 Å². The number of carbonyl (C=O) groups excluding carboxylic acids is 1. The van der Waals surface area contributed by atoms with Crippen molar-refractivity contribution in [2.45, 2.75) is 59.4 Å². The van der Waals surface area contributed by atoms with Gasteiger partial charge in [0.25, 0.3) is 5.56 Å². The predicted octanol–water partition coefficient (Wildman–Crippen LogP) is 6.27. The van der Waals surface area contributed by atoms with Gasteiger partial charge in [-0.15, -0.1) is 0 Å². The summed E-state index contributed by atoms with van der Waals surface area (Å²) in [4.78, 5) is 33.6. The normalized spacial score (nSPS) is 12.3. The first-order valence-corrected chi connectivity index (χ1v) is 12.2. The lowest BCUT2D eigenvalue weighted by molar-refractivity contribution is -0.133. The van der Waals surface area contributed by atoms with Crippen LogP contribution in [0.2, 0.25) is 0 Å². The van der Waals surface area contributed by atoms with Gasteiger partial charge >= 0.3 is 0 Å². The number of aromatic nitrogens is 2. The lowest BCUT2D eigenvalue weighted by Crippen LogP contribution is -2.38. The van der Waals surface area contributed by atoms with E-state index in [-0.39, 0.29) is 17.5 Å². The van der Waals surface area contributed by atoms with Crippen LogP contribution in [0.15, 0.2) is 57.8 Å². The fourth-order valence-corrected chi connectivity index (χ4v) is 4.08. The molecule has 0 spiro atoms. The van der Waals surface area contributed by atoms with Gasteiger partial charge in [0.15, 0.2) is 0 Å². The Morgan fingerprint density at radius 1 is 1.09 bits per heavy atom. The molecule has 0 aliphatic carbocycles. The van der Waals surface area contributed by atoms with Crippen molar-refractivity contribution in [2.75, 3.05) is 6.54 Å². The Hall–Kier alpha value is -2.47. The number of carbonyl (C=O) groups is 1. The van der Waals surface area contributed by atoms with Crippen LogP contribution < -0.4 is 5.56 Å². The van der Waals surface area contributed by atoms with E-state index in [9.17, 15) is 9.59 Å². The van der Waals surface area contributed by atoms with Crippen LogP contribution in [0.5, 0.6) is 0 Å². The molecule has 0 fully saturated rings.